The van der Waals surface area contributed by atoms with Crippen molar-refractivity contribution in [3.05, 3.63) is 95.1 Å². The minimum Gasteiger partial charge on any atom is -0.462 e. The van der Waals surface area contributed by atoms with Crippen molar-refractivity contribution in [1.29, 1.82) is 0 Å². The van der Waals surface area contributed by atoms with Gasteiger partial charge in [0.05, 0.1) is 23.6 Å². The Morgan fingerprint density at radius 3 is 2.42 bits per heavy atom. The van der Waals surface area contributed by atoms with Gasteiger partial charge < -0.3 is 20.3 Å². The van der Waals surface area contributed by atoms with Gasteiger partial charge in [-0.15, -0.1) is 0 Å². The molecule has 3 aromatic carbocycles. The van der Waals surface area contributed by atoms with E-state index < -0.39 is 11.9 Å². The molecule has 0 radical (unpaired) electrons. The topological polar surface area (TPSA) is 100 Å². The number of hydrogen-bond donors (Lipinski definition) is 2. The molecule has 0 aromatic heterocycles. The fourth-order valence-electron chi connectivity index (χ4n) is 4.13. The lowest BCUT2D eigenvalue weighted by Crippen LogP contribution is -2.34. The van der Waals surface area contributed by atoms with E-state index >= 15 is 0 Å². The highest BCUT2D eigenvalue weighted by Crippen LogP contribution is 2.37. The third-order valence-electron chi connectivity index (χ3n) is 5.90. The van der Waals surface area contributed by atoms with Gasteiger partial charge in [0.25, 0.3) is 0 Å². The summed E-state index contributed by atoms with van der Waals surface area (Å²) in [6.45, 7) is 2.48. The smallest absolute Gasteiger partial charge is 0.338 e. The molecule has 0 spiro atoms. The Hall–Kier alpha value is -4.46. The monoisotopic (exact) mass is 484 g/mol. The van der Waals surface area contributed by atoms with Crippen molar-refractivity contribution in [3.63, 3.8) is 0 Å². The molecule has 8 nitrogen and oxygen atoms in total. The highest BCUT2D eigenvalue weighted by atomic mass is 16.5. The van der Waals surface area contributed by atoms with Crippen LogP contribution >= 0.6 is 0 Å². The van der Waals surface area contributed by atoms with Gasteiger partial charge in [-0.1, -0.05) is 48.5 Å². The predicted octanol–water partition coefficient (Wildman–Crippen LogP) is 4.49. The maximum atomic E-state index is 13.2. The molecule has 0 aliphatic carbocycles. The SMILES string of the molecule is CCOC(=O)c1ccc2c(c1)NC(=O)C2C(=Nc1ccc(CN(C)C(=O)NC)cc1)c1ccccc1. The Bertz CT molecular complexity index is 1300. The first-order valence-electron chi connectivity index (χ1n) is 11.7. The molecule has 0 saturated heterocycles. The number of nitrogens with zero attached hydrogens (tertiary/aromatic N) is 2. The maximum Gasteiger partial charge on any atom is 0.338 e. The lowest BCUT2D eigenvalue weighted by molar-refractivity contribution is -0.115. The number of carbonyl (C=O) groups excluding carboxylic acids is 3. The van der Waals surface area contributed by atoms with Crippen LogP contribution in [0.25, 0.3) is 0 Å². The van der Waals surface area contributed by atoms with Gasteiger partial charge in [0, 0.05) is 26.3 Å². The molecule has 3 amide bonds. The number of fused-ring (bicyclic) bond motifs is 1. The largest absolute Gasteiger partial charge is 0.462 e. The maximum absolute atomic E-state index is 13.2. The number of ether oxygens (including phenoxy) is 1. The highest BCUT2D eigenvalue weighted by molar-refractivity contribution is 6.24. The second-order valence-corrected chi connectivity index (χ2v) is 8.39. The van der Waals surface area contributed by atoms with Gasteiger partial charge >= 0.3 is 12.0 Å². The van der Waals surface area contributed by atoms with Gasteiger partial charge in [-0.05, 0) is 47.9 Å². The van der Waals surface area contributed by atoms with Crippen LogP contribution in [0.5, 0.6) is 0 Å². The lowest BCUT2D eigenvalue weighted by Gasteiger charge is -2.17. The molecule has 0 fully saturated rings. The minimum absolute atomic E-state index is 0.166. The van der Waals surface area contributed by atoms with Crippen LogP contribution in [0.4, 0.5) is 16.2 Å². The average Bonchev–Trinajstić information content (AvgIpc) is 3.23. The van der Waals surface area contributed by atoms with E-state index in [9.17, 15) is 14.4 Å². The summed E-state index contributed by atoms with van der Waals surface area (Å²) in [5.74, 6) is -1.28. The van der Waals surface area contributed by atoms with E-state index in [1.807, 2.05) is 54.6 Å². The van der Waals surface area contributed by atoms with Gasteiger partial charge in [-0.2, -0.15) is 0 Å². The summed E-state index contributed by atoms with van der Waals surface area (Å²) in [5, 5.41) is 5.50. The Kier molecular flexibility index (Phi) is 7.44. The standard InChI is InChI=1S/C28H28N4O4/c1-4-36-27(34)20-12-15-22-23(16-20)31-26(33)24(22)25(19-8-6-5-7-9-19)30-21-13-10-18(11-14-21)17-32(3)28(35)29-2/h5-16,24H,4,17H2,1-3H3,(H,29,35)(H,31,33). The molecule has 1 heterocycles. The van der Waals surface area contributed by atoms with Crippen LogP contribution in [-0.2, 0) is 16.1 Å². The van der Waals surface area contributed by atoms with Gasteiger partial charge in [0.2, 0.25) is 5.91 Å². The lowest BCUT2D eigenvalue weighted by atomic mass is 9.90. The van der Waals surface area contributed by atoms with Gasteiger partial charge in [-0.3, -0.25) is 9.79 Å². The van der Waals surface area contributed by atoms with Crippen molar-refractivity contribution in [2.24, 2.45) is 4.99 Å². The number of esters is 1. The molecule has 1 aliphatic heterocycles. The van der Waals surface area contributed by atoms with E-state index in [0.717, 1.165) is 16.7 Å². The van der Waals surface area contributed by atoms with Crippen LogP contribution in [0.2, 0.25) is 0 Å². The zero-order valence-electron chi connectivity index (χ0n) is 20.4. The fourth-order valence-corrected chi connectivity index (χ4v) is 4.13. The summed E-state index contributed by atoms with van der Waals surface area (Å²) in [4.78, 5) is 43.6. The molecule has 0 saturated carbocycles. The Labute approximate surface area is 210 Å². The van der Waals surface area contributed by atoms with Gasteiger partial charge in [0.15, 0.2) is 0 Å². The highest BCUT2D eigenvalue weighted by Gasteiger charge is 2.36. The summed E-state index contributed by atoms with van der Waals surface area (Å²) in [7, 11) is 3.32. The van der Waals surface area contributed by atoms with Crippen LogP contribution in [0.3, 0.4) is 0 Å². The normalized spacial score (nSPS) is 14.6. The molecule has 36 heavy (non-hydrogen) atoms. The molecule has 1 unspecified atom stereocenters. The number of carbonyl (C=O) groups is 3. The summed E-state index contributed by atoms with van der Waals surface area (Å²) >= 11 is 0. The number of amides is 3. The second-order valence-electron chi connectivity index (χ2n) is 8.39. The number of anilines is 1. The summed E-state index contributed by atoms with van der Waals surface area (Å²) in [5.41, 5.74) is 4.77. The van der Waals surface area contributed by atoms with Gasteiger partial charge in [0.1, 0.15) is 5.92 Å². The van der Waals surface area contributed by atoms with E-state index in [1.165, 1.54) is 0 Å². The first kappa shape index (κ1) is 24.7. The first-order valence-corrected chi connectivity index (χ1v) is 11.7. The Morgan fingerprint density at radius 2 is 1.75 bits per heavy atom. The van der Waals surface area contributed by atoms with E-state index in [0.29, 0.717) is 29.2 Å². The molecule has 184 valence electrons. The number of aliphatic imine (C=N–C) groups is 1. The Morgan fingerprint density at radius 1 is 1.03 bits per heavy atom. The minimum atomic E-state index is -0.641. The van der Waals surface area contributed by atoms with Crippen LogP contribution in [0.1, 0.15) is 39.9 Å². The number of rotatable bonds is 7. The number of benzene rings is 3. The van der Waals surface area contributed by atoms with E-state index in [-0.39, 0.29) is 18.5 Å². The van der Waals surface area contributed by atoms with Crippen LogP contribution < -0.4 is 10.6 Å². The molecule has 8 heteroatoms. The molecule has 0 bridgehead atoms. The molecule has 2 N–H and O–H groups in total. The van der Waals surface area contributed by atoms with Crippen LogP contribution in [0, 0.1) is 0 Å². The molecular weight excluding hydrogens is 456 g/mol. The molecular formula is C28H28N4O4. The van der Waals surface area contributed by atoms with Crippen molar-refractivity contribution in [1.82, 2.24) is 10.2 Å². The van der Waals surface area contributed by atoms with Crippen molar-refractivity contribution in [2.75, 3.05) is 26.0 Å². The van der Waals surface area contributed by atoms with E-state index in [4.69, 9.17) is 9.73 Å². The zero-order chi connectivity index (χ0) is 25.7. The Balaban J connectivity index is 1.69. The molecule has 1 aliphatic rings. The number of nitrogens with one attached hydrogen (secondary N) is 2. The predicted molar refractivity (Wildman–Crippen MR) is 139 cm³/mol. The van der Waals surface area contributed by atoms with E-state index in [1.54, 1.807) is 44.1 Å². The third-order valence-corrected chi connectivity index (χ3v) is 5.90. The zero-order valence-corrected chi connectivity index (χ0v) is 20.4. The fraction of sp³-hybridized carbons (Fsp3) is 0.214. The van der Waals surface area contributed by atoms with E-state index in [2.05, 4.69) is 10.6 Å². The van der Waals surface area contributed by atoms with Gasteiger partial charge in [-0.25, -0.2) is 9.59 Å². The quantitative estimate of drug-likeness (QED) is 0.381. The van der Waals surface area contributed by atoms with Crippen LogP contribution in [0.15, 0.2) is 77.8 Å². The van der Waals surface area contributed by atoms with Crippen molar-refractivity contribution < 1.29 is 19.1 Å². The van der Waals surface area contributed by atoms with Crippen molar-refractivity contribution in [3.8, 4) is 0 Å². The summed E-state index contributed by atoms with van der Waals surface area (Å²) < 4.78 is 5.09. The molecule has 4 rings (SSSR count). The van der Waals surface area contributed by atoms with Crippen LogP contribution in [-0.4, -0.2) is 49.2 Å². The molecule has 3 aromatic rings. The summed E-state index contributed by atoms with van der Waals surface area (Å²) in [6, 6.07) is 22.0. The van der Waals surface area contributed by atoms with Crippen molar-refractivity contribution in [2.45, 2.75) is 19.4 Å². The number of urea groups is 1. The summed E-state index contributed by atoms with van der Waals surface area (Å²) in [6.07, 6.45) is 0. The first-order chi connectivity index (χ1) is 17.4. The second kappa shape index (κ2) is 10.9. The van der Waals surface area contributed by atoms with Crippen molar-refractivity contribution >= 4 is 35.0 Å². The third kappa shape index (κ3) is 5.27. The molecule has 1 atom stereocenters. The number of hydrogen-bond acceptors (Lipinski definition) is 5. The average molecular weight is 485 g/mol.